The Hall–Kier alpha value is -1.72. The largest absolute Gasteiger partial charge is 0.356 e. The molecule has 0 radical (unpaired) electrons. The summed E-state index contributed by atoms with van der Waals surface area (Å²) in [5.74, 6) is 0.747. The summed E-state index contributed by atoms with van der Waals surface area (Å²) >= 11 is 12.0. The van der Waals surface area contributed by atoms with E-state index in [1.807, 2.05) is 29.2 Å². The lowest BCUT2D eigenvalue weighted by molar-refractivity contribution is 0.624. The average molecular weight is 340 g/mol. The van der Waals surface area contributed by atoms with Crippen LogP contribution >= 0.6 is 23.2 Å². The molecule has 0 aliphatic carbocycles. The van der Waals surface area contributed by atoms with Crippen molar-refractivity contribution in [2.24, 2.45) is 4.99 Å². The van der Waals surface area contributed by atoms with Crippen molar-refractivity contribution in [2.75, 3.05) is 13.6 Å². The van der Waals surface area contributed by atoms with Crippen molar-refractivity contribution in [3.63, 3.8) is 0 Å². The predicted octanol–water partition coefficient (Wildman–Crippen LogP) is 2.95. The Kier molecular flexibility index (Phi) is 6.55. The molecule has 2 N–H and O–H groups in total. The SMILES string of the molecule is CN=C(NCCCn1ccnc1)NCc1ccc(Cl)cc1Cl. The topological polar surface area (TPSA) is 54.2 Å². The highest BCUT2D eigenvalue weighted by Gasteiger charge is 2.03. The van der Waals surface area contributed by atoms with Gasteiger partial charge in [0.15, 0.2) is 5.96 Å². The molecule has 7 heteroatoms. The van der Waals surface area contributed by atoms with E-state index < -0.39 is 0 Å². The zero-order chi connectivity index (χ0) is 15.8. The molecule has 1 aromatic carbocycles. The lowest BCUT2D eigenvalue weighted by atomic mass is 10.2. The zero-order valence-corrected chi connectivity index (χ0v) is 13.9. The summed E-state index contributed by atoms with van der Waals surface area (Å²) in [4.78, 5) is 8.21. The number of aromatic nitrogens is 2. The third-order valence-corrected chi connectivity index (χ3v) is 3.72. The van der Waals surface area contributed by atoms with E-state index in [1.54, 1.807) is 19.3 Å². The van der Waals surface area contributed by atoms with E-state index in [4.69, 9.17) is 23.2 Å². The minimum atomic E-state index is 0.594. The first-order valence-electron chi connectivity index (χ1n) is 7.03. The number of halogens is 2. The lowest BCUT2D eigenvalue weighted by Crippen LogP contribution is -2.37. The highest BCUT2D eigenvalue weighted by molar-refractivity contribution is 6.35. The van der Waals surface area contributed by atoms with Crippen LogP contribution in [0.25, 0.3) is 0 Å². The Balaban J connectivity index is 1.73. The monoisotopic (exact) mass is 339 g/mol. The second-order valence-electron chi connectivity index (χ2n) is 4.74. The Morgan fingerprint density at radius 3 is 2.86 bits per heavy atom. The van der Waals surface area contributed by atoms with Crippen molar-refractivity contribution in [3.05, 3.63) is 52.5 Å². The van der Waals surface area contributed by atoms with Crippen LogP contribution in [0.3, 0.4) is 0 Å². The maximum atomic E-state index is 6.15. The number of nitrogens with zero attached hydrogens (tertiary/aromatic N) is 3. The molecule has 2 aromatic rings. The summed E-state index contributed by atoms with van der Waals surface area (Å²) in [5, 5.41) is 7.78. The average Bonchev–Trinajstić information content (AvgIpc) is 3.01. The smallest absolute Gasteiger partial charge is 0.191 e. The lowest BCUT2D eigenvalue weighted by Gasteiger charge is -2.13. The molecule has 2 rings (SSSR count). The van der Waals surface area contributed by atoms with Crippen LogP contribution in [0.4, 0.5) is 0 Å². The Morgan fingerprint density at radius 2 is 2.18 bits per heavy atom. The highest BCUT2D eigenvalue weighted by Crippen LogP contribution is 2.20. The van der Waals surface area contributed by atoms with Crippen molar-refractivity contribution < 1.29 is 0 Å². The molecule has 0 amide bonds. The second-order valence-corrected chi connectivity index (χ2v) is 5.59. The van der Waals surface area contributed by atoms with Crippen molar-refractivity contribution in [1.29, 1.82) is 0 Å². The van der Waals surface area contributed by atoms with Gasteiger partial charge in [-0.1, -0.05) is 29.3 Å². The summed E-state index contributed by atoms with van der Waals surface area (Å²) in [5.41, 5.74) is 0.979. The number of guanidine groups is 1. The van der Waals surface area contributed by atoms with E-state index in [-0.39, 0.29) is 0 Å². The standard InChI is InChI=1S/C15H19Cl2N5/c1-18-15(20-5-2-7-22-8-6-19-11-22)21-10-12-3-4-13(16)9-14(12)17/h3-4,6,8-9,11H,2,5,7,10H2,1H3,(H2,18,20,21). The van der Waals surface area contributed by atoms with Gasteiger partial charge in [0.05, 0.1) is 6.33 Å². The van der Waals surface area contributed by atoms with Crippen LogP contribution in [0.2, 0.25) is 10.0 Å². The Bertz CT molecular complexity index is 610. The number of nitrogens with one attached hydrogen (secondary N) is 2. The molecule has 118 valence electrons. The second kappa shape index (κ2) is 8.66. The Morgan fingerprint density at radius 1 is 1.32 bits per heavy atom. The van der Waals surface area contributed by atoms with E-state index in [1.165, 1.54) is 0 Å². The summed E-state index contributed by atoms with van der Waals surface area (Å²) in [6.07, 6.45) is 6.54. The molecule has 22 heavy (non-hydrogen) atoms. The molecule has 0 unspecified atom stereocenters. The van der Waals surface area contributed by atoms with Gasteiger partial charge < -0.3 is 15.2 Å². The molecule has 0 saturated carbocycles. The van der Waals surface area contributed by atoms with Gasteiger partial charge in [0, 0.05) is 49.1 Å². The van der Waals surface area contributed by atoms with Gasteiger partial charge in [-0.2, -0.15) is 0 Å². The van der Waals surface area contributed by atoms with Crippen LogP contribution < -0.4 is 10.6 Å². The van der Waals surface area contributed by atoms with E-state index >= 15 is 0 Å². The fraction of sp³-hybridized carbons (Fsp3) is 0.333. The molecule has 0 aliphatic rings. The third kappa shape index (κ3) is 5.24. The zero-order valence-electron chi connectivity index (χ0n) is 12.4. The molecule has 0 bridgehead atoms. The fourth-order valence-electron chi connectivity index (χ4n) is 1.95. The fourth-order valence-corrected chi connectivity index (χ4v) is 2.43. The molecular weight excluding hydrogens is 321 g/mol. The molecular formula is C15H19Cl2N5. The van der Waals surface area contributed by atoms with Crippen LogP contribution in [0.5, 0.6) is 0 Å². The molecule has 0 saturated heterocycles. The van der Waals surface area contributed by atoms with Gasteiger partial charge in [-0.3, -0.25) is 4.99 Å². The number of aryl methyl sites for hydroxylation is 1. The molecule has 1 heterocycles. The van der Waals surface area contributed by atoms with Crippen molar-refractivity contribution in [1.82, 2.24) is 20.2 Å². The van der Waals surface area contributed by atoms with Crippen molar-refractivity contribution >= 4 is 29.2 Å². The molecule has 0 atom stereocenters. The minimum absolute atomic E-state index is 0.594. The maximum absolute atomic E-state index is 6.15. The van der Waals surface area contributed by atoms with E-state index in [9.17, 15) is 0 Å². The van der Waals surface area contributed by atoms with Gasteiger partial charge in [-0.15, -0.1) is 0 Å². The van der Waals surface area contributed by atoms with Gasteiger partial charge in [0.1, 0.15) is 0 Å². The van der Waals surface area contributed by atoms with Crippen LogP contribution in [-0.4, -0.2) is 29.1 Å². The molecule has 1 aromatic heterocycles. The van der Waals surface area contributed by atoms with Gasteiger partial charge in [-0.05, 0) is 24.1 Å². The van der Waals surface area contributed by atoms with Gasteiger partial charge in [0.25, 0.3) is 0 Å². The number of benzene rings is 1. The van der Waals surface area contributed by atoms with Crippen LogP contribution in [0.15, 0.2) is 41.9 Å². The number of imidazole rings is 1. The molecule has 0 aliphatic heterocycles. The van der Waals surface area contributed by atoms with Gasteiger partial charge in [0.2, 0.25) is 0 Å². The van der Waals surface area contributed by atoms with E-state index in [0.29, 0.717) is 16.6 Å². The van der Waals surface area contributed by atoms with E-state index in [0.717, 1.165) is 31.0 Å². The van der Waals surface area contributed by atoms with Crippen LogP contribution in [0, 0.1) is 0 Å². The maximum Gasteiger partial charge on any atom is 0.191 e. The molecule has 5 nitrogen and oxygen atoms in total. The van der Waals surface area contributed by atoms with Crippen molar-refractivity contribution in [3.8, 4) is 0 Å². The van der Waals surface area contributed by atoms with Crippen molar-refractivity contribution in [2.45, 2.75) is 19.5 Å². The number of rotatable bonds is 6. The molecule has 0 fully saturated rings. The summed E-state index contributed by atoms with van der Waals surface area (Å²) in [6.45, 7) is 2.34. The Labute approximate surface area is 140 Å². The number of aliphatic imine (C=N–C) groups is 1. The summed E-state index contributed by atoms with van der Waals surface area (Å²) < 4.78 is 2.05. The van der Waals surface area contributed by atoms with E-state index in [2.05, 4.69) is 20.6 Å². The first kappa shape index (κ1) is 16.6. The van der Waals surface area contributed by atoms with Crippen LogP contribution in [-0.2, 0) is 13.1 Å². The minimum Gasteiger partial charge on any atom is -0.356 e. The third-order valence-electron chi connectivity index (χ3n) is 3.13. The summed E-state index contributed by atoms with van der Waals surface area (Å²) in [7, 11) is 1.74. The van der Waals surface area contributed by atoms with Gasteiger partial charge >= 0.3 is 0 Å². The molecule has 0 spiro atoms. The van der Waals surface area contributed by atoms with Crippen LogP contribution in [0.1, 0.15) is 12.0 Å². The van der Waals surface area contributed by atoms with Gasteiger partial charge in [-0.25, -0.2) is 4.98 Å². The first-order chi connectivity index (χ1) is 10.7. The number of hydrogen-bond acceptors (Lipinski definition) is 2. The quantitative estimate of drug-likeness (QED) is 0.483. The summed E-state index contributed by atoms with van der Waals surface area (Å²) in [6, 6.07) is 5.47. The predicted molar refractivity (Wildman–Crippen MR) is 91.5 cm³/mol. The highest BCUT2D eigenvalue weighted by atomic mass is 35.5. The first-order valence-corrected chi connectivity index (χ1v) is 7.79. The normalized spacial score (nSPS) is 11.5. The number of hydrogen-bond donors (Lipinski definition) is 2.